The maximum absolute atomic E-state index is 12.7. The number of carbonyl (C=O) groups is 2. The van der Waals surface area contributed by atoms with E-state index in [1.54, 1.807) is 24.3 Å². The average Bonchev–Trinajstić information content (AvgIpc) is 2.60. The van der Waals surface area contributed by atoms with E-state index >= 15 is 0 Å². The first-order valence-corrected chi connectivity index (χ1v) is 9.33. The molecule has 0 radical (unpaired) electrons. The number of hydrogen-bond acceptors (Lipinski definition) is 3. The Morgan fingerprint density at radius 2 is 1.72 bits per heavy atom. The Morgan fingerprint density at radius 1 is 1.12 bits per heavy atom. The van der Waals surface area contributed by atoms with E-state index in [2.05, 4.69) is 33.0 Å². The minimum Gasteiger partial charge on any atom is -0.348 e. The van der Waals surface area contributed by atoms with Crippen molar-refractivity contribution in [2.24, 2.45) is 11.7 Å². The number of nitrogens with zero attached hydrogens (tertiary/aromatic N) is 1. The van der Waals surface area contributed by atoms with E-state index in [4.69, 9.17) is 5.73 Å². The van der Waals surface area contributed by atoms with Crippen molar-refractivity contribution < 1.29 is 9.59 Å². The monoisotopic (exact) mass is 347 g/mol. The number of hydrogen-bond donors (Lipinski definition) is 2. The zero-order valence-corrected chi connectivity index (χ0v) is 16.0. The SMILES string of the molecule is CCCN(CCC)C(=O)c1cccc(C(=O)NC(CN)CC(C)C)c1. The van der Waals surface area contributed by atoms with Crippen molar-refractivity contribution >= 4 is 11.8 Å². The van der Waals surface area contributed by atoms with Crippen LogP contribution in [0.1, 0.15) is 67.7 Å². The van der Waals surface area contributed by atoms with Crippen LogP contribution >= 0.6 is 0 Å². The summed E-state index contributed by atoms with van der Waals surface area (Å²) in [7, 11) is 0. The summed E-state index contributed by atoms with van der Waals surface area (Å²) in [6.45, 7) is 10.2. The number of carbonyl (C=O) groups excluding carboxylic acids is 2. The second-order valence-corrected chi connectivity index (χ2v) is 6.91. The largest absolute Gasteiger partial charge is 0.348 e. The molecule has 1 aromatic carbocycles. The molecule has 1 atom stereocenters. The lowest BCUT2D eigenvalue weighted by Crippen LogP contribution is -2.41. The molecule has 0 aliphatic heterocycles. The topological polar surface area (TPSA) is 75.4 Å². The summed E-state index contributed by atoms with van der Waals surface area (Å²) in [6.07, 6.45) is 2.67. The molecule has 0 fully saturated rings. The van der Waals surface area contributed by atoms with Crippen LogP contribution in [0.2, 0.25) is 0 Å². The Morgan fingerprint density at radius 3 is 2.24 bits per heavy atom. The molecule has 3 N–H and O–H groups in total. The molecule has 0 bridgehead atoms. The Labute approximate surface area is 152 Å². The first-order chi connectivity index (χ1) is 11.9. The van der Waals surface area contributed by atoms with Crippen LogP contribution in [-0.2, 0) is 0 Å². The minimum atomic E-state index is -0.178. The molecule has 0 saturated carbocycles. The van der Waals surface area contributed by atoms with Gasteiger partial charge in [-0.1, -0.05) is 33.8 Å². The molecule has 140 valence electrons. The molecule has 1 unspecified atom stereocenters. The summed E-state index contributed by atoms with van der Waals surface area (Å²) in [4.78, 5) is 27.0. The van der Waals surface area contributed by atoms with Crippen molar-refractivity contribution in [2.75, 3.05) is 19.6 Å². The normalized spacial score (nSPS) is 12.1. The average molecular weight is 348 g/mol. The molecule has 2 amide bonds. The second-order valence-electron chi connectivity index (χ2n) is 6.91. The van der Waals surface area contributed by atoms with Crippen LogP contribution in [0.3, 0.4) is 0 Å². The first-order valence-electron chi connectivity index (χ1n) is 9.33. The van der Waals surface area contributed by atoms with Crippen LogP contribution in [0.4, 0.5) is 0 Å². The Kier molecular flexibility index (Phi) is 9.21. The summed E-state index contributed by atoms with van der Waals surface area (Å²) in [5, 5.41) is 2.97. The van der Waals surface area contributed by atoms with Gasteiger partial charge < -0.3 is 16.0 Å². The van der Waals surface area contributed by atoms with Gasteiger partial charge in [-0.15, -0.1) is 0 Å². The molecular weight excluding hydrogens is 314 g/mol. The van der Waals surface area contributed by atoms with Crippen LogP contribution in [-0.4, -0.2) is 42.4 Å². The fraction of sp³-hybridized carbons (Fsp3) is 0.600. The molecule has 0 saturated heterocycles. The molecule has 1 rings (SSSR count). The van der Waals surface area contributed by atoms with Gasteiger partial charge in [-0.2, -0.15) is 0 Å². The quantitative estimate of drug-likeness (QED) is 0.683. The highest BCUT2D eigenvalue weighted by Gasteiger charge is 2.18. The molecular formula is C20H33N3O2. The van der Waals surface area contributed by atoms with Crippen molar-refractivity contribution in [1.29, 1.82) is 0 Å². The fourth-order valence-electron chi connectivity index (χ4n) is 2.88. The third kappa shape index (κ3) is 6.86. The van der Waals surface area contributed by atoms with Crippen LogP contribution in [0.15, 0.2) is 24.3 Å². The smallest absolute Gasteiger partial charge is 0.253 e. The van der Waals surface area contributed by atoms with Crippen LogP contribution in [0.25, 0.3) is 0 Å². The van der Waals surface area contributed by atoms with Gasteiger partial charge in [-0.25, -0.2) is 0 Å². The molecule has 0 aliphatic rings. The van der Waals surface area contributed by atoms with Gasteiger partial charge in [0.15, 0.2) is 0 Å². The number of benzene rings is 1. The third-order valence-corrected chi connectivity index (χ3v) is 4.02. The van der Waals surface area contributed by atoms with E-state index in [9.17, 15) is 9.59 Å². The van der Waals surface area contributed by atoms with Gasteiger partial charge in [-0.05, 0) is 43.4 Å². The molecule has 5 nitrogen and oxygen atoms in total. The van der Waals surface area contributed by atoms with E-state index in [1.807, 2.05) is 4.90 Å². The lowest BCUT2D eigenvalue weighted by Gasteiger charge is -2.22. The Bertz CT molecular complexity index is 552. The van der Waals surface area contributed by atoms with Gasteiger partial charge in [0.05, 0.1) is 0 Å². The number of nitrogens with two attached hydrogens (primary N) is 1. The summed E-state index contributed by atoms with van der Waals surface area (Å²) < 4.78 is 0. The van der Waals surface area contributed by atoms with Crippen molar-refractivity contribution in [3.05, 3.63) is 35.4 Å². The second kappa shape index (κ2) is 10.9. The molecule has 0 heterocycles. The zero-order valence-electron chi connectivity index (χ0n) is 16.0. The number of amides is 2. The van der Waals surface area contributed by atoms with Gasteiger partial charge in [0.2, 0.25) is 0 Å². The van der Waals surface area contributed by atoms with Crippen molar-refractivity contribution in [3.63, 3.8) is 0 Å². The van der Waals surface area contributed by atoms with Gasteiger partial charge in [0.1, 0.15) is 0 Å². The molecule has 0 aromatic heterocycles. The highest BCUT2D eigenvalue weighted by molar-refractivity contribution is 5.99. The number of nitrogens with one attached hydrogen (secondary N) is 1. The van der Waals surface area contributed by atoms with Crippen molar-refractivity contribution in [1.82, 2.24) is 10.2 Å². The highest BCUT2D eigenvalue weighted by atomic mass is 16.2. The van der Waals surface area contributed by atoms with E-state index in [1.165, 1.54) is 0 Å². The van der Waals surface area contributed by atoms with Crippen molar-refractivity contribution in [3.8, 4) is 0 Å². The van der Waals surface area contributed by atoms with E-state index < -0.39 is 0 Å². The maximum Gasteiger partial charge on any atom is 0.253 e. The van der Waals surface area contributed by atoms with Crippen molar-refractivity contribution in [2.45, 2.75) is 53.0 Å². The van der Waals surface area contributed by atoms with Gasteiger partial charge in [0, 0.05) is 36.8 Å². The minimum absolute atomic E-state index is 0.0177. The standard InChI is InChI=1S/C20H33N3O2/c1-5-10-23(11-6-2)20(25)17-9-7-8-16(13-17)19(24)22-18(14-21)12-15(3)4/h7-9,13,15,18H,5-6,10-12,14,21H2,1-4H3,(H,22,24). The van der Waals surface area contributed by atoms with E-state index in [0.717, 1.165) is 32.4 Å². The first kappa shape index (κ1) is 21.2. The molecule has 0 aliphatic carbocycles. The van der Waals surface area contributed by atoms with E-state index in [0.29, 0.717) is 23.6 Å². The van der Waals surface area contributed by atoms with Crippen LogP contribution in [0.5, 0.6) is 0 Å². The lowest BCUT2D eigenvalue weighted by molar-refractivity contribution is 0.0755. The Hall–Kier alpha value is -1.88. The number of rotatable bonds is 10. The van der Waals surface area contributed by atoms with Crippen LogP contribution < -0.4 is 11.1 Å². The summed E-state index contributed by atoms with van der Waals surface area (Å²) in [5.41, 5.74) is 6.82. The molecule has 0 spiro atoms. The fourth-order valence-corrected chi connectivity index (χ4v) is 2.88. The van der Waals surface area contributed by atoms with Gasteiger partial charge in [-0.3, -0.25) is 9.59 Å². The van der Waals surface area contributed by atoms with Crippen LogP contribution in [0, 0.1) is 5.92 Å². The predicted octanol–water partition coefficient (Wildman–Crippen LogP) is 3.05. The van der Waals surface area contributed by atoms with Gasteiger partial charge in [0.25, 0.3) is 11.8 Å². The summed E-state index contributed by atoms with van der Waals surface area (Å²) >= 11 is 0. The molecule has 5 heteroatoms. The highest BCUT2D eigenvalue weighted by Crippen LogP contribution is 2.11. The zero-order chi connectivity index (χ0) is 18.8. The predicted molar refractivity (Wildman–Crippen MR) is 103 cm³/mol. The maximum atomic E-state index is 12.7. The lowest BCUT2D eigenvalue weighted by atomic mass is 10.0. The molecule has 1 aromatic rings. The molecule has 25 heavy (non-hydrogen) atoms. The van der Waals surface area contributed by atoms with E-state index in [-0.39, 0.29) is 17.9 Å². The third-order valence-electron chi connectivity index (χ3n) is 4.02. The van der Waals surface area contributed by atoms with Gasteiger partial charge >= 0.3 is 0 Å². The summed E-state index contributed by atoms with van der Waals surface area (Å²) in [6, 6.07) is 6.89. The summed E-state index contributed by atoms with van der Waals surface area (Å²) in [5.74, 6) is 0.262. The Balaban J connectivity index is 2.88.